The number of allylic oxidation sites excluding steroid dienone is 4. The fourth-order valence-corrected chi connectivity index (χ4v) is 2.12. The second-order valence-corrected chi connectivity index (χ2v) is 5.31. The number of Topliss-reactive ketones (excluding diaryl/α,β-unsaturated/α-hetero) is 1. The van der Waals surface area contributed by atoms with Crippen LogP contribution >= 0.6 is 0 Å². The highest BCUT2D eigenvalue weighted by molar-refractivity contribution is 7.69. The van der Waals surface area contributed by atoms with Crippen LogP contribution < -0.4 is 0 Å². The highest BCUT2D eigenvalue weighted by Gasteiger charge is 2.24. The van der Waals surface area contributed by atoms with Gasteiger partial charge < -0.3 is 0 Å². The molecule has 20 heavy (non-hydrogen) atoms. The van der Waals surface area contributed by atoms with Crippen LogP contribution in [0, 0.1) is 5.92 Å². The molecule has 0 aliphatic heterocycles. The molecule has 1 atom stereocenters. The Kier molecular flexibility index (Phi) is 10.1. The van der Waals surface area contributed by atoms with Gasteiger partial charge >= 0.3 is 0 Å². The zero-order valence-corrected chi connectivity index (χ0v) is 13.1. The SMILES string of the molecule is CCCC(C)=CC1=C(C)C(=O)CC1C.[B][B]B([B])[B][B]. The summed E-state index contributed by atoms with van der Waals surface area (Å²) in [4.78, 5) is 11.4. The molecular formula is C13H20B6O. The Morgan fingerprint density at radius 3 is 2.30 bits per heavy atom. The Bertz CT molecular complexity index is 373. The number of ketones is 1. The van der Waals surface area contributed by atoms with E-state index in [0.717, 1.165) is 12.0 Å². The first-order valence-corrected chi connectivity index (χ1v) is 7.14. The summed E-state index contributed by atoms with van der Waals surface area (Å²) >= 11 is 0. The molecule has 0 aromatic rings. The molecule has 0 fully saturated rings. The van der Waals surface area contributed by atoms with E-state index in [0.29, 0.717) is 18.1 Å². The van der Waals surface area contributed by atoms with Gasteiger partial charge in [-0.05, 0) is 37.3 Å². The number of rotatable bonds is 5. The second kappa shape index (κ2) is 10.3. The van der Waals surface area contributed by atoms with Crippen LogP contribution in [0.1, 0.15) is 47.0 Å². The van der Waals surface area contributed by atoms with E-state index in [-0.39, 0.29) is 6.39 Å². The van der Waals surface area contributed by atoms with Gasteiger partial charge in [0.25, 0.3) is 0 Å². The summed E-state index contributed by atoms with van der Waals surface area (Å²) < 4.78 is 0. The quantitative estimate of drug-likeness (QED) is 0.680. The number of carbonyl (C=O) groups is 1. The van der Waals surface area contributed by atoms with Crippen molar-refractivity contribution in [1.82, 2.24) is 0 Å². The normalized spacial score (nSPS) is 18.5. The fraction of sp³-hybridized carbons (Fsp3) is 0.615. The highest BCUT2D eigenvalue weighted by atomic mass is 16.1. The summed E-state index contributed by atoms with van der Waals surface area (Å²) in [6, 6.07) is 0. The third-order valence-corrected chi connectivity index (χ3v) is 3.36. The standard InChI is InChI=1S/C13H20O.B6/c1-5-6-9(2)7-12-10(3)8-13(14)11(12)4;1-4-6(3)5-2/h7,10H,5-6,8H2,1-4H3;. The maximum Gasteiger partial charge on any atom is 0.159 e. The minimum Gasteiger partial charge on any atom is -0.295 e. The Morgan fingerprint density at radius 2 is 2.00 bits per heavy atom. The van der Waals surface area contributed by atoms with Gasteiger partial charge in [-0.1, -0.05) is 31.9 Å². The molecule has 0 heterocycles. The summed E-state index contributed by atoms with van der Waals surface area (Å²) in [5.74, 6) is 0.752. The molecule has 0 aromatic carbocycles. The van der Waals surface area contributed by atoms with Crippen molar-refractivity contribution in [1.29, 1.82) is 0 Å². The van der Waals surface area contributed by atoms with Crippen LogP contribution in [-0.2, 0) is 4.79 Å². The van der Waals surface area contributed by atoms with Gasteiger partial charge in [-0.2, -0.15) is 0 Å². The van der Waals surface area contributed by atoms with Crippen molar-refractivity contribution in [3.8, 4) is 0 Å². The van der Waals surface area contributed by atoms with E-state index in [4.69, 9.17) is 23.2 Å². The van der Waals surface area contributed by atoms with Crippen LogP contribution in [0.3, 0.4) is 0 Å². The van der Waals surface area contributed by atoms with Gasteiger partial charge in [-0.3, -0.25) is 4.79 Å². The number of hydrogen-bond acceptors (Lipinski definition) is 1. The zero-order chi connectivity index (χ0) is 15.7. The van der Waals surface area contributed by atoms with Gasteiger partial charge in [0.15, 0.2) is 5.78 Å². The van der Waals surface area contributed by atoms with Crippen molar-refractivity contribution < 1.29 is 4.79 Å². The first-order valence-electron chi connectivity index (χ1n) is 7.14. The van der Waals surface area contributed by atoms with Crippen LogP contribution in [0.25, 0.3) is 0 Å². The largest absolute Gasteiger partial charge is 0.295 e. The predicted octanol–water partition coefficient (Wildman–Crippen LogP) is 1.37. The Hall–Kier alpha value is -0.460. The Morgan fingerprint density at radius 1 is 1.45 bits per heavy atom. The molecule has 1 nitrogen and oxygen atoms in total. The van der Waals surface area contributed by atoms with Gasteiger partial charge in [0.2, 0.25) is 0 Å². The third-order valence-electron chi connectivity index (χ3n) is 3.36. The van der Waals surface area contributed by atoms with Crippen molar-refractivity contribution in [3.05, 3.63) is 22.8 Å². The van der Waals surface area contributed by atoms with E-state index in [1.807, 2.05) is 6.92 Å². The number of carbonyl (C=O) groups excluding carboxylic acids is 1. The van der Waals surface area contributed by atoms with E-state index in [9.17, 15) is 4.79 Å². The minimum atomic E-state index is -0.259. The molecule has 1 aliphatic rings. The molecule has 0 bridgehead atoms. The third kappa shape index (κ3) is 6.81. The number of hydrogen-bond donors (Lipinski definition) is 0. The molecule has 0 saturated heterocycles. The Balaban J connectivity index is 0.000000511. The monoisotopic (exact) mass is 258 g/mol. The van der Waals surface area contributed by atoms with Crippen molar-refractivity contribution in [2.24, 2.45) is 5.92 Å². The van der Waals surface area contributed by atoms with Gasteiger partial charge in [-0.25, -0.2) is 0 Å². The molecule has 96 valence electrons. The minimum absolute atomic E-state index is 0.259. The maximum atomic E-state index is 11.4. The van der Waals surface area contributed by atoms with Crippen molar-refractivity contribution in [2.45, 2.75) is 47.0 Å². The van der Waals surface area contributed by atoms with Crippen molar-refractivity contribution >= 4 is 49.5 Å². The lowest BCUT2D eigenvalue weighted by Crippen LogP contribution is -2.31. The molecule has 0 N–H and O–H groups in total. The van der Waals surface area contributed by atoms with Crippen LogP contribution in [0.5, 0.6) is 0 Å². The van der Waals surface area contributed by atoms with E-state index in [2.05, 4.69) is 26.8 Å². The zero-order valence-electron chi connectivity index (χ0n) is 13.1. The maximum absolute atomic E-state index is 11.4. The summed E-state index contributed by atoms with van der Waals surface area (Å²) in [5, 5.41) is 0. The van der Waals surface area contributed by atoms with E-state index < -0.39 is 0 Å². The predicted molar refractivity (Wildman–Crippen MR) is 94.7 cm³/mol. The average Bonchev–Trinajstić information content (AvgIpc) is 2.65. The van der Waals surface area contributed by atoms with Crippen LogP contribution in [0.4, 0.5) is 0 Å². The lowest BCUT2D eigenvalue weighted by Gasteiger charge is -2.05. The molecular weight excluding hydrogens is 237 g/mol. The van der Waals surface area contributed by atoms with Gasteiger partial charge in [0.05, 0.1) is 0 Å². The van der Waals surface area contributed by atoms with Gasteiger partial charge in [0, 0.05) is 50.1 Å². The molecule has 0 amide bonds. The summed E-state index contributed by atoms with van der Waals surface area (Å²) in [6.45, 7) is 8.43. The average molecular weight is 257 g/mol. The van der Waals surface area contributed by atoms with E-state index >= 15 is 0 Å². The summed E-state index contributed by atoms with van der Waals surface area (Å²) in [5.41, 5.74) is 3.64. The molecule has 7 heteroatoms. The first kappa shape index (κ1) is 19.5. The molecule has 1 rings (SSSR count). The van der Waals surface area contributed by atoms with Crippen LogP contribution in [0.2, 0.25) is 0 Å². The van der Waals surface area contributed by atoms with Gasteiger partial charge in [-0.15, -0.1) is 0 Å². The smallest absolute Gasteiger partial charge is 0.159 e. The fourth-order valence-electron chi connectivity index (χ4n) is 2.12. The van der Waals surface area contributed by atoms with E-state index in [1.165, 1.54) is 31.7 Å². The molecule has 0 spiro atoms. The van der Waals surface area contributed by atoms with Gasteiger partial charge in [0.1, 0.15) is 0 Å². The Labute approximate surface area is 130 Å². The summed E-state index contributed by atoms with van der Waals surface area (Å²) in [6.07, 6.45) is 4.98. The lowest BCUT2D eigenvalue weighted by atomic mass is 8.88. The highest BCUT2D eigenvalue weighted by Crippen LogP contribution is 2.30. The molecule has 0 aromatic heterocycles. The van der Waals surface area contributed by atoms with Crippen LogP contribution in [0.15, 0.2) is 22.8 Å². The van der Waals surface area contributed by atoms with Crippen LogP contribution in [-0.4, -0.2) is 49.5 Å². The summed E-state index contributed by atoms with van der Waals surface area (Å²) in [7, 11) is 17.6. The molecule has 8 radical (unpaired) electrons. The van der Waals surface area contributed by atoms with Crippen molar-refractivity contribution in [3.63, 3.8) is 0 Å². The lowest BCUT2D eigenvalue weighted by molar-refractivity contribution is -0.115. The topological polar surface area (TPSA) is 17.1 Å². The van der Waals surface area contributed by atoms with E-state index in [1.54, 1.807) is 0 Å². The molecule has 1 unspecified atom stereocenters. The molecule has 1 aliphatic carbocycles. The van der Waals surface area contributed by atoms with Crippen molar-refractivity contribution in [2.75, 3.05) is 0 Å². The second-order valence-electron chi connectivity index (χ2n) is 5.31. The first-order chi connectivity index (χ1) is 9.37. The molecule has 0 saturated carbocycles.